The van der Waals surface area contributed by atoms with E-state index in [1.807, 2.05) is 24.4 Å². The molecule has 0 aliphatic heterocycles. The quantitative estimate of drug-likeness (QED) is 0.214. The fourth-order valence-electron chi connectivity index (χ4n) is 5.81. The van der Waals surface area contributed by atoms with E-state index in [9.17, 15) is 4.39 Å². The first-order valence-electron chi connectivity index (χ1n) is 13.5. The van der Waals surface area contributed by atoms with Crippen LogP contribution in [0.4, 0.5) is 4.39 Å². The molecule has 0 saturated heterocycles. The van der Waals surface area contributed by atoms with E-state index in [0.717, 1.165) is 44.6 Å². The highest BCUT2D eigenvalue weighted by atomic mass is 19.1. The Bertz CT molecular complexity index is 2190. The van der Waals surface area contributed by atoms with Gasteiger partial charge in [-0.1, -0.05) is 78.9 Å². The van der Waals surface area contributed by atoms with Crippen LogP contribution in [-0.4, -0.2) is 15.0 Å². The first kappa shape index (κ1) is 23.4. The van der Waals surface area contributed by atoms with Gasteiger partial charge in [-0.05, 0) is 80.3 Å². The minimum absolute atomic E-state index is 0.291. The maximum atomic E-state index is 13.8. The van der Waals surface area contributed by atoms with Crippen molar-refractivity contribution in [3.05, 3.63) is 140 Å². The fraction of sp³-hybridized carbons (Fsp3) is 0. The molecule has 0 spiro atoms. The van der Waals surface area contributed by atoms with Crippen molar-refractivity contribution in [2.45, 2.75) is 0 Å². The molecule has 41 heavy (non-hydrogen) atoms. The molecule has 0 N–H and O–H groups in total. The van der Waals surface area contributed by atoms with E-state index < -0.39 is 0 Å². The van der Waals surface area contributed by atoms with Crippen LogP contribution in [-0.2, 0) is 0 Å². The van der Waals surface area contributed by atoms with Crippen LogP contribution in [0.5, 0.6) is 0 Å². The third-order valence-corrected chi connectivity index (χ3v) is 7.79. The number of pyridine rings is 1. The summed E-state index contributed by atoms with van der Waals surface area (Å²) < 4.78 is 13.8. The molecular formula is C37H22FN3. The fourth-order valence-corrected chi connectivity index (χ4v) is 5.81. The van der Waals surface area contributed by atoms with Gasteiger partial charge in [-0.25, -0.2) is 14.4 Å². The van der Waals surface area contributed by atoms with Crippen LogP contribution in [0.15, 0.2) is 134 Å². The van der Waals surface area contributed by atoms with Gasteiger partial charge < -0.3 is 0 Å². The summed E-state index contributed by atoms with van der Waals surface area (Å²) in [7, 11) is 0. The molecule has 0 saturated carbocycles. The van der Waals surface area contributed by atoms with Gasteiger partial charge in [0.05, 0.1) is 11.4 Å². The molecule has 4 heteroatoms. The topological polar surface area (TPSA) is 38.7 Å². The van der Waals surface area contributed by atoms with Crippen molar-refractivity contribution in [1.82, 2.24) is 15.0 Å². The average molecular weight is 528 g/mol. The van der Waals surface area contributed by atoms with Crippen molar-refractivity contribution in [2.75, 3.05) is 0 Å². The summed E-state index contributed by atoms with van der Waals surface area (Å²) >= 11 is 0. The third-order valence-electron chi connectivity index (χ3n) is 7.79. The highest BCUT2D eigenvalue weighted by molar-refractivity contribution is 6.25. The normalized spacial score (nSPS) is 11.5. The second-order valence-electron chi connectivity index (χ2n) is 10.3. The number of nitrogens with zero attached hydrogens (tertiary/aromatic N) is 3. The van der Waals surface area contributed by atoms with E-state index in [1.165, 1.54) is 39.1 Å². The van der Waals surface area contributed by atoms with Crippen molar-refractivity contribution < 1.29 is 4.39 Å². The molecule has 0 atom stereocenters. The molecule has 2 heterocycles. The molecule has 0 bridgehead atoms. The molecule has 6 aromatic carbocycles. The smallest absolute Gasteiger partial charge is 0.160 e. The Kier molecular flexibility index (Phi) is 5.32. The predicted molar refractivity (Wildman–Crippen MR) is 165 cm³/mol. The zero-order chi connectivity index (χ0) is 27.3. The van der Waals surface area contributed by atoms with Crippen LogP contribution < -0.4 is 0 Å². The van der Waals surface area contributed by atoms with Crippen molar-refractivity contribution >= 4 is 32.3 Å². The van der Waals surface area contributed by atoms with Crippen molar-refractivity contribution in [2.24, 2.45) is 0 Å². The summed E-state index contributed by atoms with van der Waals surface area (Å²) in [6, 6.07) is 40.2. The van der Waals surface area contributed by atoms with E-state index >= 15 is 0 Å². The number of hydrogen-bond donors (Lipinski definition) is 0. The number of benzene rings is 6. The van der Waals surface area contributed by atoms with Gasteiger partial charge in [0.2, 0.25) is 0 Å². The minimum Gasteiger partial charge on any atom is -0.264 e. The van der Waals surface area contributed by atoms with Crippen LogP contribution in [0.25, 0.3) is 77.3 Å². The Labute approximate surface area is 236 Å². The lowest BCUT2D eigenvalue weighted by molar-refractivity contribution is 0.628. The van der Waals surface area contributed by atoms with Gasteiger partial charge in [0, 0.05) is 34.6 Å². The Hall–Kier alpha value is -5.48. The molecule has 0 amide bonds. The molecule has 0 aliphatic carbocycles. The summed E-state index contributed by atoms with van der Waals surface area (Å²) in [6.45, 7) is 0. The van der Waals surface area contributed by atoms with Crippen molar-refractivity contribution in [1.29, 1.82) is 0 Å². The van der Waals surface area contributed by atoms with E-state index in [4.69, 9.17) is 9.97 Å². The molecule has 3 nitrogen and oxygen atoms in total. The second-order valence-corrected chi connectivity index (χ2v) is 10.3. The lowest BCUT2D eigenvalue weighted by Gasteiger charge is -2.15. The Balaban J connectivity index is 1.38. The van der Waals surface area contributed by atoms with Crippen LogP contribution in [0, 0.1) is 5.82 Å². The summed E-state index contributed by atoms with van der Waals surface area (Å²) in [4.78, 5) is 14.3. The largest absolute Gasteiger partial charge is 0.264 e. The van der Waals surface area contributed by atoms with E-state index in [-0.39, 0.29) is 5.82 Å². The summed E-state index contributed by atoms with van der Waals surface area (Å²) in [5.74, 6) is 0.260. The van der Waals surface area contributed by atoms with E-state index in [1.54, 1.807) is 18.3 Å². The Morgan fingerprint density at radius 1 is 0.488 bits per heavy atom. The van der Waals surface area contributed by atoms with E-state index in [0.29, 0.717) is 5.82 Å². The highest BCUT2D eigenvalue weighted by Crippen LogP contribution is 2.40. The lowest BCUT2D eigenvalue weighted by Crippen LogP contribution is -1.97. The van der Waals surface area contributed by atoms with Crippen LogP contribution in [0.3, 0.4) is 0 Å². The first-order valence-corrected chi connectivity index (χ1v) is 13.5. The van der Waals surface area contributed by atoms with Gasteiger partial charge in [-0.3, -0.25) is 4.98 Å². The Morgan fingerprint density at radius 3 is 1.98 bits per heavy atom. The van der Waals surface area contributed by atoms with Gasteiger partial charge in [0.15, 0.2) is 5.82 Å². The summed E-state index contributed by atoms with van der Waals surface area (Å²) in [5.41, 5.74) is 6.47. The Morgan fingerprint density at radius 2 is 1.17 bits per heavy atom. The third kappa shape index (κ3) is 4.00. The van der Waals surface area contributed by atoms with Gasteiger partial charge in [-0.15, -0.1) is 0 Å². The molecule has 2 aromatic heterocycles. The standard InChI is InChI=1S/C37H22FN3/c38-30-15-11-26(12-16-30)37-40-33(28-7-2-6-27(20-28)29-8-3-19-39-22-29)21-34(41-37)31-17-13-25-10-9-23-4-1-5-24-14-18-32(31)36(25)35(23)24/h1-22H. The molecule has 8 rings (SSSR count). The van der Waals surface area contributed by atoms with Gasteiger partial charge >= 0.3 is 0 Å². The van der Waals surface area contributed by atoms with Gasteiger partial charge in [0.25, 0.3) is 0 Å². The zero-order valence-corrected chi connectivity index (χ0v) is 21.9. The number of hydrogen-bond acceptors (Lipinski definition) is 3. The maximum Gasteiger partial charge on any atom is 0.160 e. The monoisotopic (exact) mass is 527 g/mol. The zero-order valence-electron chi connectivity index (χ0n) is 21.9. The SMILES string of the molecule is Fc1ccc(-c2nc(-c3cccc(-c4cccnc4)c3)cc(-c3ccc4ccc5cccc6ccc3c4c56)n2)cc1. The lowest BCUT2D eigenvalue weighted by atomic mass is 9.91. The number of halogens is 1. The highest BCUT2D eigenvalue weighted by Gasteiger charge is 2.16. The average Bonchev–Trinajstić information content (AvgIpc) is 3.04. The molecule has 0 radical (unpaired) electrons. The van der Waals surface area contributed by atoms with Crippen molar-refractivity contribution in [3.63, 3.8) is 0 Å². The molecular weight excluding hydrogens is 505 g/mol. The summed E-state index contributed by atoms with van der Waals surface area (Å²) in [6.07, 6.45) is 3.63. The minimum atomic E-state index is -0.291. The second kappa shape index (κ2) is 9.32. The molecule has 0 fully saturated rings. The van der Waals surface area contributed by atoms with Crippen molar-refractivity contribution in [3.8, 4) is 45.0 Å². The maximum absolute atomic E-state index is 13.8. The van der Waals surface area contributed by atoms with Gasteiger partial charge in [0.1, 0.15) is 5.82 Å². The molecule has 192 valence electrons. The van der Waals surface area contributed by atoms with Crippen LogP contribution >= 0.6 is 0 Å². The number of aromatic nitrogens is 3. The van der Waals surface area contributed by atoms with Crippen LogP contribution in [0.2, 0.25) is 0 Å². The number of rotatable bonds is 4. The van der Waals surface area contributed by atoms with Crippen LogP contribution in [0.1, 0.15) is 0 Å². The van der Waals surface area contributed by atoms with Gasteiger partial charge in [-0.2, -0.15) is 0 Å². The van der Waals surface area contributed by atoms with E-state index in [2.05, 4.69) is 83.8 Å². The molecule has 0 unspecified atom stereocenters. The summed E-state index contributed by atoms with van der Waals surface area (Å²) in [5, 5.41) is 7.29. The predicted octanol–water partition coefficient (Wildman–Crippen LogP) is 9.58. The molecule has 8 aromatic rings. The molecule has 0 aliphatic rings. The first-order chi connectivity index (χ1) is 20.2.